The normalized spacial score (nSPS) is 11.9. The third-order valence-corrected chi connectivity index (χ3v) is 2.90. The number of hydrogen-bond donors (Lipinski definition) is 0. The van der Waals surface area contributed by atoms with Crippen LogP contribution in [0.4, 0.5) is 0 Å². The predicted octanol–water partition coefficient (Wildman–Crippen LogP) is 1.64. The Bertz CT molecular complexity index is 519. The van der Waals surface area contributed by atoms with E-state index in [2.05, 4.69) is 10.1 Å². The molecule has 2 rings (SSSR count). The van der Waals surface area contributed by atoms with Crippen molar-refractivity contribution in [3.05, 3.63) is 33.0 Å². The summed E-state index contributed by atoms with van der Waals surface area (Å²) in [7, 11) is 0. The Balaban J connectivity index is 2.40. The molecule has 0 aliphatic carbocycles. The Morgan fingerprint density at radius 3 is 2.81 bits per heavy atom. The van der Waals surface area contributed by atoms with E-state index in [0.717, 1.165) is 5.01 Å². The SMILES string of the molecule is CC(C)(C)c1noc(=O)n1Cc1nccs1. The molecule has 2 aromatic heterocycles. The van der Waals surface area contributed by atoms with Crippen LogP contribution in [0.15, 0.2) is 20.9 Å². The molecule has 0 bridgehead atoms. The van der Waals surface area contributed by atoms with E-state index in [1.54, 1.807) is 6.20 Å². The minimum Gasteiger partial charge on any atom is -0.296 e. The number of rotatable bonds is 2. The highest BCUT2D eigenvalue weighted by atomic mass is 32.1. The van der Waals surface area contributed by atoms with Gasteiger partial charge in [-0.1, -0.05) is 25.9 Å². The molecule has 0 radical (unpaired) electrons. The van der Waals surface area contributed by atoms with Crippen LogP contribution in [0.3, 0.4) is 0 Å². The first-order chi connectivity index (χ1) is 7.48. The third-order valence-electron chi connectivity index (χ3n) is 2.13. The minimum atomic E-state index is -0.430. The highest BCUT2D eigenvalue weighted by Gasteiger charge is 2.24. The Kier molecular flexibility index (Phi) is 2.67. The monoisotopic (exact) mass is 239 g/mol. The van der Waals surface area contributed by atoms with E-state index in [0.29, 0.717) is 12.4 Å². The molecule has 6 heteroatoms. The lowest BCUT2D eigenvalue weighted by Crippen LogP contribution is -2.25. The molecule has 0 atom stereocenters. The van der Waals surface area contributed by atoms with Crippen LogP contribution in [0.1, 0.15) is 31.6 Å². The molecule has 0 aliphatic rings. The Hall–Kier alpha value is -1.43. The van der Waals surface area contributed by atoms with Crippen LogP contribution in [0.2, 0.25) is 0 Å². The molecule has 0 N–H and O–H groups in total. The number of hydrogen-bond acceptors (Lipinski definition) is 5. The summed E-state index contributed by atoms with van der Waals surface area (Å²) in [4.78, 5) is 15.7. The van der Waals surface area contributed by atoms with Gasteiger partial charge in [-0.15, -0.1) is 11.3 Å². The van der Waals surface area contributed by atoms with Gasteiger partial charge in [0.15, 0.2) is 5.82 Å². The summed E-state index contributed by atoms with van der Waals surface area (Å²) in [5, 5.41) is 6.57. The van der Waals surface area contributed by atoms with Crippen LogP contribution in [-0.2, 0) is 12.0 Å². The van der Waals surface area contributed by atoms with Gasteiger partial charge in [0, 0.05) is 17.0 Å². The first-order valence-corrected chi connectivity index (χ1v) is 5.82. The fourth-order valence-corrected chi connectivity index (χ4v) is 2.02. The van der Waals surface area contributed by atoms with Crippen LogP contribution < -0.4 is 5.76 Å². The molecule has 0 amide bonds. The summed E-state index contributed by atoms with van der Waals surface area (Å²) in [6.07, 6.45) is 1.72. The van der Waals surface area contributed by atoms with Crippen molar-refractivity contribution in [1.82, 2.24) is 14.7 Å². The first kappa shape index (κ1) is 11.1. The van der Waals surface area contributed by atoms with Gasteiger partial charge in [-0.3, -0.25) is 9.09 Å². The summed E-state index contributed by atoms with van der Waals surface area (Å²) in [6.45, 7) is 6.39. The zero-order valence-corrected chi connectivity index (χ0v) is 10.2. The molecule has 0 aromatic carbocycles. The first-order valence-electron chi connectivity index (χ1n) is 4.94. The second-order valence-electron chi connectivity index (χ2n) is 4.53. The second-order valence-corrected chi connectivity index (χ2v) is 5.51. The van der Waals surface area contributed by atoms with E-state index in [1.807, 2.05) is 26.2 Å². The molecular formula is C10H13N3O2S. The van der Waals surface area contributed by atoms with Gasteiger partial charge in [-0.25, -0.2) is 9.78 Å². The topological polar surface area (TPSA) is 60.9 Å². The molecule has 2 heterocycles. The van der Waals surface area contributed by atoms with Crippen molar-refractivity contribution in [3.8, 4) is 0 Å². The average Bonchev–Trinajstić information content (AvgIpc) is 2.76. The summed E-state index contributed by atoms with van der Waals surface area (Å²) in [6, 6.07) is 0. The van der Waals surface area contributed by atoms with Crippen LogP contribution in [0.25, 0.3) is 0 Å². The Labute approximate surface area is 96.7 Å². The van der Waals surface area contributed by atoms with Crippen molar-refractivity contribution in [3.63, 3.8) is 0 Å². The van der Waals surface area contributed by atoms with Gasteiger partial charge in [0.1, 0.15) is 5.01 Å². The van der Waals surface area contributed by atoms with Gasteiger partial charge in [-0.05, 0) is 0 Å². The maximum atomic E-state index is 11.5. The van der Waals surface area contributed by atoms with E-state index in [9.17, 15) is 4.79 Å². The van der Waals surface area contributed by atoms with Gasteiger partial charge >= 0.3 is 5.76 Å². The molecule has 0 unspecified atom stereocenters. The number of thiazole rings is 1. The van der Waals surface area contributed by atoms with E-state index >= 15 is 0 Å². The molecule has 0 saturated heterocycles. The van der Waals surface area contributed by atoms with Gasteiger partial charge in [0.25, 0.3) is 0 Å². The fourth-order valence-electron chi connectivity index (χ4n) is 1.41. The standard InChI is InChI=1S/C10H13N3O2S/c1-10(2,3)8-12-15-9(14)13(8)6-7-11-4-5-16-7/h4-5H,6H2,1-3H3. The highest BCUT2D eigenvalue weighted by Crippen LogP contribution is 2.19. The van der Waals surface area contributed by atoms with Crippen molar-refractivity contribution in [2.24, 2.45) is 0 Å². The third kappa shape index (κ3) is 2.06. The lowest BCUT2D eigenvalue weighted by molar-refractivity contribution is 0.367. The van der Waals surface area contributed by atoms with Crippen molar-refractivity contribution in [2.75, 3.05) is 0 Å². The number of aromatic nitrogens is 3. The minimum absolute atomic E-state index is 0.219. The molecule has 0 fully saturated rings. The van der Waals surface area contributed by atoms with Crippen molar-refractivity contribution < 1.29 is 4.52 Å². The molecule has 16 heavy (non-hydrogen) atoms. The van der Waals surface area contributed by atoms with E-state index in [-0.39, 0.29) is 5.41 Å². The summed E-state index contributed by atoms with van der Waals surface area (Å²) in [5.41, 5.74) is -0.219. The smallest absolute Gasteiger partial charge is 0.296 e. The zero-order chi connectivity index (χ0) is 11.8. The molecule has 2 aromatic rings. The second kappa shape index (κ2) is 3.86. The van der Waals surface area contributed by atoms with E-state index in [4.69, 9.17) is 4.52 Å². The van der Waals surface area contributed by atoms with Crippen molar-refractivity contribution >= 4 is 11.3 Å². The molecule has 0 saturated carbocycles. The lowest BCUT2D eigenvalue weighted by Gasteiger charge is -2.16. The van der Waals surface area contributed by atoms with Crippen molar-refractivity contribution in [1.29, 1.82) is 0 Å². The lowest BCUT2D eigenvalue weighted by atomic mass is 9.96. The molecule has 86 valence electrons. The molecule has 0 spiro atoms. The zero-order valence-electron chi connectivity index (χ0n) is 9.43. The van der Waals surface area contributed by atoms with Crippen molar-refractivity contribution in [2.45, 2.75) is 32.7 Å². The number of nitrogens with zero attached hydrogens (tertiary/aromatic N) is 3. The van der Waals surface area contributed by atoms with Crippen LogP contribution in [0.5, 0.6) is 0 Å². The van der Waals surface area contributed by atoms with E-state index < -0.39 is 5.76 Å². The largest absolute Gasteiger partial charge is 0.442 e. The van der Waals surface area contributed by atoms with Crippen LogP contribution >= 0.6 is 11.3 Å². The summed E-state index contributed by atoms with van der Waals surface area (Å²) >= 11 is 1.51. The molecular weight excluding hydrogens is 226 g/mol. The maximum absolute atomic E-state index is 11.5. The van der Waals surface area contributed by atoms with Gasteiger partial charge in [0.05, 0.1) is 6.54 Å². The average molecular weight is 239 g/mol. The Morgan fingerprint density at radius 1 is 1.50 bits per heavy atom. The van der Waals surface area contributed by atoms with Gasteiger partial charge in [-0.2, -0.15) is 0 Å². The molecule has 0 aliphatic heterocycles. The molecule has 5 nitrogen and oxygen atoms in total. The fraction of sp³-hybridized carbons (Fsp3) is 0.500. The maximum Gasteiger partial charge on any atom is 0.442 e. The highest BCUT2D eigenvalue weighted by molar-refractivity contribution is 7.09. The Morgan fingerprint density at radius 2 is 2.25 bits per heavy atom. The van der Waals surface area contributed by atoms with Crippen LogP contribution in [-0.4, -0.2) is 14.7 Å². The van der Waals surface area contributed by atoms with Gasteiger partial charge in [0.2, 0.25) is 0 Å². The summed E-state index contributed by atoms with van der Waals surface area (Å²) < 4.78 is 6.23. The van der Waals surface area contributed by atoms with Crippen LogP contribution in [0, 0.1) is 0 Å². The predicted molar refractivity (Wildman–Crippen MR) is 60.7 cm³/mol. The quantitative estimate of drug-likeness (QED) is 0.799. The summed E-state index contributed by atoms with van der Waals surface area (Å²) in [5.74, 6) is 0.216. The van der Waals surface area contributed by atoms with E-state index in [1.165, 1.54) is 15.9 Å². The van der Waals surface area contributed by atoms with Gasteiger partial charge < -0.3 is 0 Å².